The SMILES string of the molecule is CCOC(=O)c1cc(N)cnc1Oc1ccc(F)c(Br)c1. The van der Waals surface area contributed by atoms with Gasteiger partial charge in [-0.3, -0.25) is 0 Å². The van der Waals surface area contributed by atoms with Crippen molar-refractivity contribution in [1.29, 1.82) is 0 Å². The van der Waals surface area contributed by atoms with Crippen LogP contribution in [0, 0.1) is 5.82 Å². The van der Waals surface area contributed by atoms with Crippen LogP contribution in [0.1, 0.15) is 17.3 Å². The molecule has 0 saturated heterocycles. The maximum atomic E-state index is 13.2. The van der Waals surface area contributed by atoms with Gasteiger partial charge in [-0.15, -0.1) is 0 Å². The Hall–Kier alpha value is -2.15. The Bertz CT molecular complexity index is 679. The van der Waals surface area contributed by atoms with E-state index in [1.54, 1.807) is 6.92 Å². The summed E-state index contributed by atoms with van der Waals surface area (Å²) < 4.78 is 23.9. The first-order valence-electron chi connectivity index (χ1n) is 6.06. The maximum absolute atomic E-state index is 13.2. The van der Waals surface area contributed by atoms with E-state index in [-0.39, 0.29) is 22.5 Å². The van der Waals surface area contributed by atoms with Gasteiger partial charge in [0, 0.05) is 0 Å². The average Bonchev–Trinajstić information content (AvgIpc) is 2.45. The van der Waals surface area contributed by atoms with Crippen LogP contribution in [0.5, 0.6) is 11.6 Å². The number of nitrogens with two attached hydrogens (primary N) is 1. The number of halogens is 2. The molecule has 2 N–H and O–H groups in total. The van der Waals surface area contributed by atoms with E-state index in [1.807, 2.05) is 0 Å². The number of nitrogen functional groups attached to an aromatic ring is 1. The number of nitrogens with zero attached hydrogens (tertiary/aromatic N) is 1. The number of carbonyl (C=O) groups excluding carboxylic acids is 1. The Labute approximate surface area is 129 Å². The number of hydrogen-bond donors (Lipinski definition) is 1. The second kappa shape index (κ2) is 6.53. The van der Waals surface area contributed by atoms with E-state index in [1.165, 1.54) is 30.5 Å². The molecule has 7 heteroatoms. The molecule has 1 aromatic heterocycles. The number of pyridine rings is 1. The smallest absolute Gasteiger partial charge is 0.343 e. The second-order valence-electron chi connectivity index (χ2n) is 4.02. The Morgan fingerprint density at radius 3 is 2.86 bits per heavy atom. The topological polar surface area (TPSA) is 74.4 Å². The number of benzene rings is 1. The molecule has 0 amide bonds. The molecule has 1 heterocycles. The first-order valence-corrected chi connectivity index (χ1v) is 6.86. The molecule has 110 valence electrons. The van der Waals surface area contributed by atoms with Gasteiger partial charge >= 0.3 is 5.97 Å². The van der Waals surface area contributed by atoms with Gasteiger partial charge in [0.25, 0.3) is 0 Å². The van der Waals surface area contributed by atoms with E-state index in [4.69, 9.17) is 15.2 Å². The normalized spacial score (nSPS) is 10.2. The van der Waals surface area contributed by atoms with Crippen LogP contribution in [-0.2, 0) is 4.74 Å². The zero-order valence-electron chi connectivity index (χ0n) is 11.1. The van der Waals surface area contributed by atoms with Crippen LogP contribution in [0.15, 0.2) is 34.9 Å². The lowest BCUT2D eigenvalue weighted by atomic mass is 10.2. The van der Waals surface area contributed by atoms with E-state index in [0.717, 1.165) is 0 Å². The number of hydrogen-bond acceptors (Lipinski definition) is 5. The highest BCUT2D eigenvalue weighted by molar-refractivity contribution is 9.10. The molecule has 0 saturated carbocycles. The van der Waals surface area contributed by atoms with Crippen molar-refractivity contribution in [2.75, 3.05) is 12.3 Å². The van der Waals surface area contributed by atoms with E-state index < -0.39 is 11.8 Å². The summed E-state index contributed by atoms with van der Waals surface area (Å²) in [7, 11) is 0. The Kier molecular flexibility index (Phi) is 4.74. The summed E-state index contributed by atoms with van der Waals surface area (Å²) in [6, 6.07) is 5.51. The highest BCUT2D eigenvalue weighted by Crippen LogP contribution is 2.28. The molecule has 0 radical (unpaired) electrons. The lowest BCUT2D eigenvalue weighted by Crippen LogP contribution is -2.08. The van der Waals surface area contributed by atoms with E-state index in [9.17, 15) is 9.18 Å². The molecule has 0 aliphatic carbocycles. The van der Waals surface area contributed by atoms with Gasteiger partial charge < -0.3 is 15.2 Å². The van der Waals surface area contributed by atoms with E-state index in [2.05, 4.69) is 20.9 Å². The minimum absolute atomic E-state index is 0.0427. The molecule has 0 aliphatic rings. The average molecular weight is 355 g/mol. The van der Waals surface area contributed by atoms with Crippen LogP contribution >= 0.6 is 15.9 Å². The Morgan fingerprint density at radius 1 is 1.43 bits per heavy atom. The van der Waals surface area contributed by atoms with Gasteiger partial charge in [-0.05, 0) is 47.1 Å². The third-order valence-electron chi connectivity index (χ3n) is 2.47. The van der Waals surface area contributed by atoms with E-state index in [0.29, 0.717) is 11.4 Å². The van der Waals surface area contributed by atoms with Crippen molar-refractivity contribution in [2.45, 2.75) is 6.92 Å². The molecular formula is C14H12BrFN2O3. The summed E-state index contributed by atoms with van der Waals surface area (Å²) in [5, 5.41) is 0. The summed E-state index contributed by atoms with van der Waals surface area (Å²) in [6.07, 6.45) is 1.36. The van der Waals surface area contributed by atoms with Crippen molar-refractivity contribution in [2.24, 2.45) is 0 Å². The fraction of sp³-hybridized carbons (Fsp3) is 0.143. The number of anilines is 1. The van der Waals surface area contributed by atoms with Crippen molar-refractivity contribution in [3.05, 3.63) is 46.3 Å². The van der Waals surface area contributed by atoms with Gasteiger partial charge in [0.15, 0.2) is 0 Å². The summed E-state index contributed by atoms with van der Waals surface area (Å²) in [6.45, 7) is 1.91. The molecule has 2 aromatic rings. The van der Waals surface area contributed by atoms with Crippen molar-refractivity contribution in [1.82, 2.24) is 4.98 Å². The van der Waals surface area contributed by atoms with Gasteiger partial charge in [0.1, 0.15) is 17.1 Å². The fourth-order valence-electron chi connectivity index (χ4n) is 1.56. The van der Waals surface area contributed by atoms with Crippen LogP contribution in [-0.4, -0.2) is 17.6 Å². The van der Waals surface area contributed by atoms with Gasteiger partial charge in [-0.1, -0.05) is 0 Å². The molecule has 2 rings (SSSR count). The predicted octanol–water partition coefficient (Wildman–Crippen LogP) is 3.53. The molecule has 0 fully saturated rings. The highest BCUT2D eigenvalue weighted by Gasteiger charge is 2.17. The van der Waals surface area contributed by atoms with Crippen molar-refractivity contribution in [3.8, 4) is 11.6 Å². The predicted molar refractivity (Wildman–Crippen MR) is 78.8 cm³/mol. The third-order valence-corrected chi connectivity index (χ3v) is 3.08. The number of aromatic nitrogens is 1. The lowest BCUT2D eigenvalue weighted by molar-refractivity contribution is 0.0523. The molecule has 5 nitrogen and oxygen atoms in total. The molecule has 1 aromatic carbocycles. The standard InChI is InChI=1S/C14H12BrFN2O3/c1-2-20-14(19)10-5-8(17)7-18-13(10)21-9-3-4-12(16)11(15)6-9/h3-7H,2,17H2,1H3. The van der Waals surface area contributed by atoms with Crippen LogP contribution < -0.4 is 10.5 Å². The minimum Gasteiger partial charge on any atom is -0.462 e. The molecule has 0 bridgehead atoms. The van der Waals surface area contributed by atoms with Crippen LogP contribution in [0.4, 0.5) is 10.1 Å². The number of ether oxygens (including phenoxy) is 2. The summed E-state index contributed by atoms with van der Waals surface area (Å²) in [4.78, 5) is 15.8. The van der Waals surface area contributed by atoms with Gasteiger partial charge in [-0.2, -0.15) is 0 Å². The summed E-state index contributed by atoms with van der Waals surface area (Å²) in [5.41, 5.74) is 6.04. The zero-order valence-corrected chi connectivity index (χ0v) is 12.7. The number of carbonyl (C=O) groups is 1. The summed E-state index contributed by atoms with van der Waals surface area (Å²) in [5.74, 6) is -0.640. The molecule has 21 heavy (non-hydrogen) atoms. The highest BCUT2D eigenvalue weighted by atomic mass is 79.9. The molecular weight excluding hydrogens is 343 g/mol. The number of rotatable bonds is 4. The van der Waals surface area contributed by atoms with Crippen molar-refractivity contribution < 1.29 is 18.7 Å². The quantitative estimate of drug-likeness (QED) is 0.850. The van der Waals surface area contributed by atoms with Crippen molar-refractivity contribution >= 4 is 27.6 Å². The van der Waals surface area contributed by atoms with Crippen molar-refractivity contribution in [3.63, 3.8) is 0 Å². The third kappa shape index (κ3) is 3.69. The van der Waals surface area contributed by atoms with E-state index >= 15 is 0 Å². The van der Waals surface area contributed by atoms with Crippen LogP contribution in [0.3, 0.4) is 0 Å². The van der Waals surface area contributed by atoms with Crippen LogP contribution in [0.2, 0.25) is 0 Å². The monoisotopic (exact) mass is 354 g/mol. The first kappa shape index (κ1) is 15.2. The molecule has 0 spiro atoms. The summed E-state index contributed by atoms with van der Waals surface area (Å²) >= 11 is 3.06. The lowest BCUT2D eigenvalue weighted by Gasteiger charge is -2.10. The molecule has 0 aliphatic heterocycles. The second-order valence-corrected chi connectivity index (χ2v) is 4.87. The van der Waals surface area contributed by atoms with Crippen LogP contribution in [0.25, 0.3) is 0 Å². The fourth-order valence-corrected chi connectivity index (χ4v) is 1.91. The largest absolute Gasteiger partial charge is 0.462 e. The maximum Gasteiger partial charge on any atom is 0.343 e. The van der Waals surface area contributed by atoms with Gasteiger partial charge in [0.05, 0.1) is 23.0 Å². The Morgan fingerprint density at radius 2 is 2.19 bits per heavy atom. The first-order chi connectivity index (χ1) is 10.0. The van der Waals surface area contributed by atoms with Gasteiger partial charge in [-0.25, -0.2) is 14.2 Å². The molecule has 0 atom stereocenters. The number of esters is 1. The Balaban J connectivity index is 2.34. The zero-order chi connectivity index (χ0) is 15.4. The van der Waals surface area contributed by atoms with Gasteiger partial charge in [0.2, 0.25) is 5.88 Å². The minimum atomic E-state index is -0.589. The molecule has 0 unspecified atom stereocenters.